The van der Waals surface area contributed by atoms with Crippen molar-refractivity contribution < 1.29 is 9.53 Å². The van der Waals surface area contributed by atoms with E-state index in [1.54, 1.807) is 23.1 Å². The van der Waals surface area contributed by atoms with Gasteiger partial charge in [-0.2, -0.15) is 0 Å². The number of carbonyl (C=O) groups is 1. The Morgan fingerprint density at radius 1 is 1.13 bits per heavy atom. The third kappa shape index (κ3) is 3.38. The normalized spacial score (nSPS) is 15.5. The molecule has 1 aliphatic heterocycles. The van der Waals surface area contributed by atoms with Crippen LogP contribution in [-0.2, 0) is 4.79 Å². The van der Waals surface area contributed by atoms with Gasteiger partial charge in [-0.05, 0) is 48.9 Å². The Kier molecular flexibility index (Phi) is 4.65. The van der Waals surface area contributed by atoms with E-state index in [-0.39, 0.29) is 5.91 Å². The van der Waals surface area contributed by atoms with Crippen LogP contribution in [0.1, 0.15) is 12.0 Å². The number of hydrogen-bond donors (Lipinski definition) is 1. The van der Waals surface area contributed by atoms with Crippen LogP contribution in [0.5, 0.6) is 5.75 Å². The second-order valence-electron chi connectivity index (χ2n) is 5.23. The maximum Gasteiger partial charge on any atom is 0.294 e. The van der Waals surface area contributed by atoms with Gasteiger partial charge in [0, 0.05) is 11.6 Å². The number of anilines is 1. The van der Waals surface area contributed by atoms with Crippen LogP contribution in [0.2, 0.25) is 5.02 Å². The lowest BCUT2D eigenvalue weighted by molar-refractivity contribution is -0.117. The van der Waals surface area contributed by atoms with E-state index in [0.29, 0.717) is 29.6 Å². The summed E-state index contributed by atoms with van der Waals surface area (Å²) in [4.78, 5) is 14.4. The Labute approximate surface area is 140 Å². The van der Waals surface area contributed by atoms with Gasteiger partial charge >= 0.3 is 0 Å². The summed E-state index contributed by atoms with van der Waals surface area (Å²) in [6.45, 7) is 1.09. The van der Waals surface area contributed by atoms with E-state index < -0.39 is 0 Å². The molecule has 0 aliphatic carbocycles. The highest BCUT2D eigenvalue weighted by molar-refractivity contribution is 6.30. The van der Waals surface area contributed by atoms with E-state index in [9.17, 15) is 4.79 Å². The largest absolute Gasteiger partial charge is 0.449 e. The molecule has 0 fully saturated rings. The summed E-state index contributed by atoms with van der Waals surface area (Å²) in [5.74, 6) is 0.805. The molecular formula is C18H17ClN2O2. The summed E-state index contributed by atoms with van der Waals surface area (Å²) in [7, 11) is 0. The molecule has 23 heavy (non-hydrogen) atoms. The van der Waals surface area contributed by atoms with E-state index in [4.69, 9.17) is 22.1 Å². The molecule has 2 aromatic rings. The summed E-state index contributed by atoms with van der Waals surface area (Å²) in [5, 5.41) is 0.651. The molecule has 1 amide bonds. The number of ether oxygens (including phenoxy) is 1. The zero-order chi connectivity index (χ0) is 16.2. The average molecular weight is 329 g/mol. The van der Waals surface area contributed by atoms with Crippen molar-refractivity contribution in [2.75, 3.05) is 18.0 Å². The molecule has 1 aliphatic rings. The number of benzene rings is 2. The second-order valence-corrected chi connectivity index (χ2v) is 5.67. The fraction of sp³-hybridized carbons (Fsp3) is 0.167. The van der Waals surface area contributed by atoms with Crippen molar-refractivity contribution in [1.29, 1.82) is 0 Å². The first kappa shape index (κ1) is 15.6. The Hall–Kier alpha value is -2.30. The van der Waals surface area contributed by atoms with Crippen molar-refractivity contribution in [3.63, 3.8) is 0 Å². The molecule has 0 atom stereocenters. The molecule has 118 valence electrons. The number of hydrogen-bond acceptors (Lipinski definition) is 3. The van der Waals surface area contributed by atoms with Gasteiger partial charge < -0.3 is 15.4 Å². The molecule has 0 unspecified atom stereocenters. The summed E-state index contributed by atoms with van der Waals surface area (Å²) in [6, 6.07) is 14.8. The minimum Gasteiger partial charge on any atom is -0.449 e. The number of halogens is 1. The lowest BCUT2D eigenvalue weighted by Crippen LogP contribution is -2.38. The van der Waals surface area contributed by atoms with E-state index in [0.717, 1.165) is 17.7 Å². The number of amides is 1. The lowest BCUT2D eigenvalue weighted by atomic mass is 10.1. The molecular weight excluding hydrogens is 312 g/mol. The number of nitrogens with zero attached hydrogens (tertiary/aromatic N) is 1. The van der Waals surface area contributed by atoms with Crippen LogP contribution in [-0.4, -0.2) is 19.0 Å². The minimum atomic E-state index is -0.160. The Morgan fingerprint density at radius 3 is 2.61 bits per heavy atom. The molecule has 0 bridgehead atoms. The van der Waals surface area contributed by atoms with Gasteiger partial charge in [0.05, 0.1) is 5.69 Å². The quantitative estimate of drug-likeness (QED) is 0.874. The first-order chi connectivity index (χ1) is 11.2. The minimum absolute atomic E-state index is 0.160. The number of carbonyl (C=O) groups excluding carboxylic acids is 1. The standard InChI is InChI=1S/C18H17ClN2O2/c19-14-8-6-13(7-9-14)12-17-18(22)21(11-3-10-20)15-4-1-2-5-16(15)23-17/h1-2,4-9,12H,3,10-11,20H2/b17-12+. The summed E-state index contributed by atoms with van der Waals surface area (Å²) >= 11 is 5.89. The molecule has 4 nitrogen and oxygen atoms in total. The maximum atomic E-state index is 12.7. The van der Waals surface area contributed by atoms with Crippen molar-refractivity contribution >= 4 is 29.3 Å². The number of rotatable bonds is 4. The van der Waals surface area contributed by atoms with Crippen molar-refractivity contribution in [3.05, 3.63) is 64.9 Å². The topological polar surface area (TPSA) is 55.6 Å². The smallest absolute Gasteiger partial charge is 0.294 e. The second kappa shape index (κ2) is 6.86. The predicted octanol–water partition coefficient (Wildman–Crippen LogP) is 3.46. The number of nitrogens with two attached hydrogens (primary N) is 1. The molecule has 1 heterocycles. The van der Waals surface area contributed by atoms with Gasteiger partial charge in [0.2, 0.25) is 0 Å². The fourth-order valence-electron chi connectivity index (χ4n) is 2.44. The van der Waals surface area contributed by atoms with Crippen LogP contribution in [0, 0.1) is 0 Å². The predicted molar refractivity (Wildman–Crippen MR) is 92.5 cm³/mol. The van der Waals surface area contributed by atoms with Crippen LogP contribution in [0.15, 0.2) is 54.3 Å². The van der Waals surface area contributed by atoms with Gasteiger partial charge in [0.25, 0.3) is 5.91 Å². The highest BCUT2D eigenvalue weighted by Crippen LogP contribution is 2.35. The zero-order valence-corrected chi connectivity index (χ0v) is 13.3. The molecule has 0 spiro atoms. The van der Waals surface area contributed by atoms with E-state index >= 15 is 0 Å². The third-order valence-electron chi connectivity index (χ3n) is 3.59. The van der Waals surface area contributed by atoms with Gasteiger partial charge in [0.15, 0.2) is 11.5 Å². The van der Waals surface area contributed by atoms with Gasteiger partial charge in [-0.3, -0.25) is 4.79 Å². The SMILES string of the molecule is NCCCN1C(=O)/C(=C\c2ccc(Cl)cc2)Oc2ccccc21. The monoisotopic (exact) mass is 328 g/mol. The molecule has 5 heteroatoms. The fourth-order valence-corrected chi connectivity index (χ4v) is 2.57. The lowest BCUT2D eigenvalue weighted by Gasteiger charge is -2.30. The molecule has 0 saturated carbocycles. The van der Waals surface area contributed by atoms with E-state index in [1.807, 2.05) is 36.4 Å². The number of fused-ring (bicyclic) bond motifs is 1. The first-order valence-corrected chi connectivity index (χ1v) is 7.83. The maximum absolute atomic E-state index is 12.7. The molecule has 0 saturated heterocycles. The number of para-hydroxylation sites is 2. The Balaban J connectivity index is 1.96. The molecule has 2 N–H and O–H groups in total. The van der Waals surface area contributed by atoms with Gasteiger partial charge in [-0.15, -0.1) is 0 Å². The summed E-state index contributed by atoms with van der Waals surface area (Å²) in [5.41, 5.74) is 7.22. The van der Waals surface area contributed by atoms with E-state index in [2.05, 4.69) is 0 Å². The van der Waals surface area contributed by atoms with Gasteiger partial charge in [0.1, 0.15) is 0 Å². The van der Waals surface area contributed by atoms with Crippen LogP contribution >= 0.6 is 11.6 Å². The third-order valence-corrected chi connectivity index (χ3v) is 3.84. The van der Waals surface area contributed by atoms with Crippen molar-refractivity contribution in [2.24, 2.45) is 5.73 Å². The van der Waals surface area contributed by atoms with Crippen molar-refractivity contribution in [3.8, 4) is 5.75 Å². The highest BCUT2D eigenvalue weighted by atomic mass is 35.5. The highest BCUT2D eigenvalue weighted by Gasteiger charge is 2.29. The Bertz CT molecular complexity index is 741. The van der Waals surface area contributed by atoms with Crippen LogP contribution < -0.4 is 15.4 Å². The van der Waals surface area contributed by atoms with Gasteiger partial charge in [-0.25, -0.2) is 0 Å². The van der Waals surface area contributed by atoms with Crippen LogP contribution in [0.4, 0.5) is 5.69 Å². The van der Waals surface area contributed by atoms with E-state index in [1.165, 1.54) is 0 Å². The molecule has 0 radical (unpaired) electrons. The summed E-state index contributed by atoms with van der Waals surface area (Å²) in [6.07, 6.45) is 2.46. The summed E-state index contributed by atoms with van der Waals surface area (Å²) < 4.78 is 5.79. The van der Waals surface area contributed by atoms with Crippen LogP contribution in [0.25, 0.3) is 6.08 Å². The molecule has 3 rings (SSSR count). The van der Waals surface area contributed by atoms with Gasteiger partial charge in [-0.1, -0.05) is 35.9 Å². The zero-order valence-electron chi connectivity index (χ0n) is 12.5. The average Bonchev–Trinajstić information content (AvgIpc) is 2.57. The molecule has 2 aromatic carbocycles. The van der Waals surface area contributed by atoms with Crippen LogP contribution in [0.3, 0.4) is 0 Å². The Morgan fingerprint density at radius 2 is 1.87 bits per heavy atom. The molecule has 0 aromatic heterocycles. The van der Waals surface area contributed by atoms with Crippen molar-refractivity contribution in [2.45, 2.75) is 6.42 Å². The van der Waals surface area contributed by atoms with Crippen molar-refractivity contribution in [1.82, 2.24) is 0 Å². The first-order valence-electron chi connectivity index (χ1n) is 7.45.